The van der Waals surface area contributed by atoms with Gasteiger partial charge < -0.3 is 0 Å². The predicted molar refractivity (Wildman–Crippen MR) is 29.7 cm³/mol. The molecule has 0 saturated heterocycles. The highest BCUT2D eigenvalue weighted by Gasteiger charge is 1.86. The van der Waals surface area contributed by atoms with E-state index in [-0.39, 0.29) is 0 Å². The summed E-state index contributed by atoms with van der Waals surface area (Å²) < 4.78 is 21.8. The number of carbonyl (C=O) groups is 1. The van der Waals surface area contributed by atoms with Gasteiger partial charge in [-0.1, -0.05) is 11.1 Å². The lowest BCUT2D eigenvalue weighted by molar-refractivity contribution is -0.116. The topological polar surface area (TPSA) is 75.6 Å². The van der Waals surface area contributed by atoms with Crippen LogP contribution in [0, 0.1) is 0 Å². The lowest BCUT2D eigenvalue weighted by Gasteiger charge is -1.82. The van der Waals surface area contributed by atoms with Gasteiger partial charge in [-0.15, -0.1) is 0 Å². The van der Waals surface area contributed by atoms with E-state index in [0.29, 0.717) is 0 Å². The summed E-state index contributed by atoms with van der Waals surface area (Å²) in [7, 11) is -2.59. The SMILES string of the molecule is C=CC(=O)NN=S(=O)=O. The Morgan fingerprint density at radius 2 is 2.22 bits per heavy atom. The van der Waals surface area contributed by atoms with Crippen LogP contribution >= 0.6 is 0 Å². The van der Waals surface area contributed by atoms with Crippen LogP contribution in [0.25, 0.3) is 0 Å². The first-order valence-electron chi connectivity index (χ1n) is 1.89. The summed E-state index contributed by atoms with van der Waals surface area (Å²) in [6.07, 6.45) is 0.913. The number of carbonyl (C=O) groups excluding carboxylic acids is 1. The molecule has 0 aliphatic rings. The Morgan fingerprint density at radius 3 is 2.56 bits per heavy atom. The zero-order chi connectivity index (χ0) is 7.28. The van der Waals surface area contributed by atoms with Gasteiger partial charge in [-0.2, -0.15) is 8.42 Å². The zero-order valence-electron chi connectivity index (χ0n) is 4.36. The molecule has 0 heterocycles. The van der Waals surface area contributed by atoms with Crippen molar-refractivity contribution in [1.29, 1.82) is 0 Å². The van der Waals surface area contributed by atoms with Gasteiger partial charge in [-0.3, -0.25) is 4.79 Å². The summed E-state index contributed by atoms with van der Waals surface area (Å²) in [4.78, 5) is 10.1. The number of hydrogen-bond acceptors (Lipinski definition) is 4. The van der Waals surface area contributed by atoms with E-state index in [1.807, 2.05) is 0 Å². The first-order chi connectivity index (χ1) is 4.16. The highest BCUT2D eigenvalue weighted by Crippen LogP contribution is 1.63. The average molecular weight is 148 g/mol. The number of amides is 1. The van der Waals surface area contributed by atoms with Crippen molar-refractivity contribution in [3.63, 3.8) is 0 Å². The van der Waals surface area contributed by atoms with Gasteiger partial charge in [0.1, 0.15) is 0 Å². The quantitative estimate of drug-likeness (QED) is 0.414. The second-order valence-electron chi connectivity index (χ2n) is 0.989. The Morgan fingerprint density at radius 1 is 1.67 bits per heavy atom. The molecule has 6 heteroatoms. The van der Waals surface area contributed by atoms with Crippen LogP contribution in [-0.2, 0) is 15.3 Å². The van der Waals surface area contributed by atoms with E-state index in [1.54, 1.807) is 5.43 Å². The zero-order valence-corrected chi connectivity index (χ0v) is 5.18. The van der Waals surface area contributed by atoms with Gasteiger partial charge in [0.15, 0.2) is 0 Å². The Kier molecular flexibility index (Phi) is 3.29. The summed E-state index contributed by atoms with van der Waals surface area (Å²) in [5.74, 6) is -0.654. The van der Waals surface area contributed by atoms with E-state index >= 15 is 0 Å². The number of hydrogen-bond donors (Lipinski definition) is 1. The van der Waals surface area contributed by atoms with Gasteiger partial charge in [-0.25, -0.2) is 5.43 Å². The van der Waals surface area contributed by atoms with Gasteiger partial charge in [0.25, 0.3) is 5.91 Å². The molecule has 50 valence electrons. The van der Waals surface area contributed by atoms with Gasteiger partial charge in [0.05, 0.1) is 0 Å². The Labute approximate surface area is 53.1 Å². The third kappa shape index (κ3) is 4.69. The van der Waals surface area contributed by atoms with Crippen molar-refractivity contribution in [2.24, 2.45) is 4.47 Å². The molecular weight excluding hydrogens is 144 g/mol. The molecule has 0 aromatic rings. The van der Waals surface area contributed by atoms with Crippen LogP contribution < -0.4 is 5.43 Å². The predicted octanol–water partition coefficient (Wildman–Crippen LogP) is -0.734. The third-order valence-electron chi connectivity index (χ3n) is 0.416. The van der Waals surface area contributed by atoms with Crippen LogP contribution in [0.1, 0.15) is 0 Å². The molecule has 0 aromatic heterocycles. The highest BCUT2D eigenvalue weighted by molar-refractivity contribution is 7.61. The van der Waals surface area contributed by atoms with Crippen LogP contribution in [0.15, 0.2) is 17.1 Å². The van der Waals surface area contributed by atoms with Crippen molar-refractivity contribution in [1.82, 2.24) is 5.43 Å². The van der Waals surface area contributed by atoms with E-state index in [2.05, 4.69) is 11.1 Å². The fourth-order valence-electron chi connectivity index (χ4n) is 0.128. The first-order valence-corrected chi connectivity index (χ1v) is 2.92. The molecule has 0 unspecified atom stereocenters. The first kappa shape index (κ1) is 7.83. The number of nitrogens with one attached hydrogen (secondary N) is 1. The Bertz CT molecular complexity index is 232. The molecule has 0 bridgehead atoms. The molecule has 1 N–H and O–H groups in total. The highest BCUT2D eigenvalue weighted by atomic mass is 32.2. The molecule has 0 spiro atoms. The van der Waals surface area contributed by atoms with Crippen LogP contribution in [0.4, 0.5) is 0 Å². The maximum atomic E-state index is 10.1. The van der Waals surface area contributed by atoms with E-state index in [0.717, 1.165) is 6.08 Å². The number of nitrogens with zero attached hydrogens (tertiary/aromatic N) is 1. The fraction of sp³-hybridized carbons (Fsp3) is 0. The molecule has 9 heavy (non-hydrogen) atoms. The summed E-state index contributed by atoms with van der Waals surface area (Å²) in [6.45, 7) is 3.07. The monoisotopic (exact) mass is 148 g/mol. The second kappa shape index (κ2) is 3.79. The fourth-order valence-corrected chi connectivity index (χ4v) is 0.292. The van der Waals surface area contributed by atoms with Crippen molar-refractivity contribution in [2.45, 2.75) is 0 Å². The van der Waals surface area contributed by atoms with Crippen molar-refractivity contribution in [3.8, 4) is 0 Å². The van der Waals surface area contributed by atoms with Crippen LogP contribution in [0.2, 0.25) is 0 Å². The maximum Gasteiger partial charge on any atom is 0.332 e. The lowest BCUT2D eigenvalue weighted by atomic mass is 10.6. The summed E-state index contributed by atoms with van der Waals surface area (Å²) in [6, 6.07) is 0. The average Bonchev–Trinajstić information content (AvgIpc) is 1.83. The lowest BCUT2D eigenvalue weighted by Crippen LogP contribution is -2.12. The van der Waals surface area contributed by atoms with Crippen LogP contribution in [0.3, 0.4) is 0 Å². The molecule has 0 fully saturated rings. The molecule has 0 atom stereocenters. The minimum atomic E-state index is -2.59. The number of rotatable bonds is 2. The van der Waals surface area contributed by atoms with Gasteiger partial charge in [0, 0.05) is 0 Å². The molecule has 1 amide bonds. The van der Waals surface area contributed by atoms with Gasteiger partial charge >= 0.3 is 10.5 Å². The standard InChI is InChI=1S/C3H4N2O3S/c1-2-3(6)4-5-9(7)8/h2H,1H2,(H,4,6). The normalized spacial score (nSPS) is 7.56. The Balaban J connectivity index is 3.92. The molecule has 0 saturated carbocycles. The molecule has 0 rings (SSSR count). The van der Waals surface area contributed by atoms with Crippen molar-refractivity contribution in [2.75, 3.05) is 0 Å². The van der Waals surface area contributed by atoms with E-state index in [1.165, 1.54) is 0 Å². The molecular formula is C3H4N2O3S. The van der Waals surface area contributed by atoms with E-state index in [9.17, 15) is 13.2 Å². The van der Waals surface area contributed by atoms with Crippen LogP contribution in [0.5, 0.6) is 0 Å². The van der Waals surface area contributed by atoms with Crippen molar-refractivity contribution >= 4 is 16.4 Å². The molecule has 0 aliphatic carbocycles. The molecule has 0 radical (unpaired) electrons. The largest absolute Gasteiger partial charge is 0.332 e. The van der Waals surface area contributed by atoms with E-state index in [4.69, 9.17) is 0 Å². The Hall–Kier alpha value is -1.17. The second-order valence-corrected chi connectivity index (χ2v) is 1.61. The van der Waals surface area contributed by atoms with Gasteiger partial charge in [-0.05, 0) is 6.08 Å². The van der Waals surface area contributed by atoms with Crippen molar-refractivity contribution in [3.05, 3.63) is 12.7 Å². The minimum absolute atomic E-state index is 0.654. The third-order valence-corrected chi connectivity index (χ3v) is 0.656. The summed E-state index contributed by atoms with van der Waals surface area (Å²) in [5, 5.41) is 0. The van der Waals surface area contributed by atoms with E-state index < -0.39 is 16.4 Å². The minimum Gasteiger partial charge on any atom is -0.268 e. The van der Waals surface area contributed by atoms with Crippen LogP contribution in [-0.4, -0.2) is 14.3 Å². The molecule has 0 aliphatic heterocycles. The maximum absolute atomic E-state index is 10.1. The molecule has 0 aromatic carbocycles. The smallest absolute Gasteiger partial charge is 0.268 e. The summed E-state index contributed by atoms with van der Waals surface area (Å²) >= 11 is 0. The summed E-state index contributed by atoms with van der Waals surface area (Å²) in [5.41, 5.74) is 1.69. The molecule has 5 nitrogen and oxygen atoms in total. The van der Waals surface area contributed by atoms with Crippen molar-refractivity contribution < 1.29 is 13.2 Å². The van der Waals surface area contributed by atoms with Gasteiger partial charge in [0.2, 0.25) is 0 Å².